The number of amides is 1. The number of nitrogens with zero attached hydrogens (tertiary/aromatic N) is 2. The number of carbonyl (C=O) groups is 2. The Hall–Kier alpha value is -2.30. The van der Waals surface area contributed by atoms with E-state index < -0.39 is 28.5 Å². The molecule has 0 atom stereocenters. The summed E-state index contributed by atoms with van der Waals surface area (Å²) in [6.45, 7) is 4.65. The fraction of sp³-hybridized carbons (Fsp3) is 0.353. The fourth-order valence-corrected chi connectivity index (χ4v) is 4.22. The van der Waals surface area contributed by atoms with Crippen LogP contribution in [0.15, 0.2) is 23.1 Å². The molecule has 0 unspecified atom stereocenters. The number of esters is 1. The lowest BCUT2D eigenvalue weighted by atomic mass is 10.2. The van der Waals surface area contributed by atoms with Crippen molar-refractivity contribution in [1.29, 1.82) is 0 Å². The van der Waals surface area contributed by atoms with Crippen molar-refractivity contribution in [2.45, 2.75) is 25.7 Å². The lowest BCUT2D eigenvalue weighted by Gasteiger charge is -2.15. The molecule has 8 nitrogen and oxygen atoms in total. The van der Waals surface area contributed by atoms with Gasteiger partial charge in [-0.05, 0) is 38.5 Å². The number of carbonyl (C=O) groups excluding carboxylic acids is 2. The predicted molar refractivity (Wildman–Crippen MR) is 103 cm³/mol. The molecular formula is C17H21N3O5S2. The number of hydrogen-bond donors (Lipinski definition) is 1. The minimum absolute atomic E-state index is 0.0954. The van der Waals surface area contributed by atoms with Gasteiger partial charge in [0.15, 0.2) is 6.61 Å². The Balaban J connectivity index is 2.06. The Labute approximate surface area is 162 Å². The average Bonchev–Trinajstić information content (AvgIpc) is 2.92. The lowest BCUT2D eigenvalue weighted by molar-refractivity contribution is -0.119. The van der Waals surface area contributed by atoms with E-state index in [1.54, 1.807) is 32.9 Å². The number of hydrogen-bond acceptors (Lipinski definition) is 7. The third-order valence-electron chi connectivity index (χ3n) is 3.65. The first-order valence-corrected chi connectivity index (χ1v) is 10.2. The second-order valence-corrected chi connectivity index (χ2v) is 9.36. The van der Waals surface area contributed by atoms with Crippen LogP contribution in [0.25, 0.3) is 0 Å². The molecule has 0 saturated carbocycles. The van der Waals surface area contributed by atoms with E-state index in [-0.39, 0.29) is 4.90 Å². The molecule has 0 radical (unpaired) electrons. The maximum absolute atomic E-state index is 12.3. The zero-order valence-corrected chi connectivity index (χ0v) is 17.3. The van der Waals surface area contributed by atoms with E-state index in [1.807, 2.05) is 0 Å². The van der Waals surface area contributed by atoms with E-state index in [9.17, 15) is 18.0 Å². The van der Waals surface area contributed by atoms with Crippen molar-refractivity contribution in [3.8, 4) is 0 Å². The van der Waals surface area contributed by atoms with Gasteiger partial charge in [-0.3, -0.25) is 4.79 Å². The normalized spacial score (nSPS) is 11.5. The molecule has 1 aromatic carbocycles. The van der Waals surface area contributed by atoms with Crippen LogP contribution in [-0.2, 0) is 19.6 Å². The van der Waals surface area contributed by atoms with Crippen LogP contribution in [0.2, 0.25) is 0 Å². The molecule has 2 rings (SSSR count). The Kier molecular flexibility index (Phi) is 6.34. The maximum Gasteiger partial charge on any atom is 0.350 e. The van der Waals surface area contributed by atoms with Gasteiger partial charge in [-0.1, -0.05) is 6.07 Å². The predicted octanol–water partition coefficient (Wildman–Crippen LogP) is 2.11. The first-order chi connectivity index (χ1) is 12.5. The summed E-state index contributed by atoms with van der Waals surface area (Å²) in [7, 11) is -0.773. The van der Waals surface area contributed by atoms with E-state index >= 15 is 0 Å². The van der Waals surface area contributed by atoms with Crippen molar-refractivity contribution in [1.82, 2.24) is 9.29 Å². The Bertz CT molecular complexity index is 980. The van der Waals surface area contributed by atoms with Gasteiger partial charge >= 0.3 is 5.97 Å². The number of aryl methyl sites for hydroxylation is 3. The topological polar surface area (TPSA) is 106 Å². The summed E-state index contributed by atoms with van der Waals surface area (Å²) < 4.78 is 30.8. The van der Waals surface area contributed by atoms with Crippen molar-refractivity contribution in [2.75, 3.05) is 26.0 Å². The number of ether oxygens (including phenoxy) is 1. The van der Waals surface area contributed by atoms with Gasteiger partial charge in [-0.15, -0.1) is 11.3 Å². The Morgan fingerprint density at radius 2 is 1.89 bits per heavy atom. The van der Waals surface area contributed by atoms with E-state index in [0.717, 1.165) is 9.31 Å². The van der Waals surface area contributed by atoms with Gasteiger partial charge in [0.1, 0.15) is 4.88 Å². The highest BCUT2D eigenvalue weighted by Gasteiger charge is 2.21. The number of aromatic nitrogens is 1. The fourth-order valence-electron chi connectivity index (χ4n) is 2.27. The summed E-state index contributed by atoms with van der Waals surface area (Å²) >= 11 is 1.20. The second-order valence-electron chi connectivity index (χ2n) is 6.04. The first kappa shape index (κ1) is 21.0. The van der Waals surface area contributed by atoms with Crippen LogP contribution >= 0.6 is 11.3 Å². The summed E-state index contributed by atoms with van der Waals surface area (Å²) in [5.41, 5.74) is 1.41. The van der Waals surface area contributed by atoms with Gasteiger partial charge in [-0.25, -0.2) is 22.5 Å². The highest BCUT2D eigenvalue weighted by molar-refractivity contribution is 7.89. The molecule has 0 bridgehead atoms. The van der Waals surface area contributed by atoms with Crippen LogP contribution in [0.5, 0.6) is 0 Å². The number of anilines is 1. The van der Waals surface area contributed by atoms with E-state index in [1.165, 1.54) is 31.5 Å². The smallest absolute Gasteiger partial charge is 0.350 e. The van der Waals surface area contributed by atoms with Crippen LogP contribution in [0.3, 0.4) is 0 Å². The zero-order valence-electron chi connectivity index (χ0n) is 15.7. The third-order valence-corrected chi connectivity index (χ3v) is 6.66. The summed E-state index contributed by atoms with van der Waals surface area (Å²) in [6.07, 6.45) is 0. The molecule has 27 heavy (non-hydrogen) atoms. The van der Waals surface area contributed by atoms with Crippen molar-refractivity contribution >= 4 is 38.9 Å². The molecule has 1 N–H and O–H groups in total. The van der Waals surface area contributed by atoms with Gasteiger partial charge in [0, 0.05) is 19.8 Å². The number of rotatable bonds is 6. The van der Waals surface area contributed by atoms with Crippen molar-refractivity contribution in [2.24, 2.45) is 0 Å². The molecule has 2 aromatic rings. The van der Waals surface area contributed by atoms with Gasteiger partial charge in [-0.2, -0.15) is 0 Å². The van der Waals surface area contributed by atoms with Crippen molar-refractivity contribution < 1.29 is 22.7 Å². The molecule has 0 spiro atoms. The number of sulfonamides is 1. The van der Waals surface area contributed by atoms with Gasteiger partial charge in [0.25, 0.3) is 5.91 Å². The quantitative estimate of drug-likeness (QED) is 0.730. The number of thiazole rings is 1. The Morgan fingerprint density at radius 3 is 2.44 bits per heavy atom. The van der Waals surface area contributed by atoms with E-state index in [2.05, 4.69) is 10.3 Å². The highest BCUT2D eigenvalue weighted by Crippen LogP contribution is 2.22. The van der Waals surface area contributed by atoms with E-state index in [0.29, 0.717) is 21.8 Å². The standard InChI is InChI=1S/C17H21N3O5S2/c1-10-6-7-13(8-14(10)27(23,24)20(4)5)19-15(21)9-25-17(22)16-11(2)18-12(3)26-16/h6-8H,9H2,1-5H3,(H,19,21). The molecule has 0 saturated heterocycles. The third kappa shape index (κ3) is 4.90. The zero-order chi connectivity index (χ0) is 20.4. The first-order valence-electron chi connectivity index (χ1n) is 7.96. The SMILES string of the molecule is Cc1nc(C)c(C(=O)OCC(=O)Nc2ccc(C)c(S(=O)(=O)N(C)C)c2)s1. The van der Waals surface area contributed by atoms with Crippen LogP contribution < -0.4 is 5.32 Å². The summed E-state index contributed by atoms with van der Waals surface area (Å²) in [5.74, 6) is -1.19. The molecule has 10 heteroatoms. The summed E-state index contributed by atoms with van der Waals surface area (Å²) in [5, 5.41) is 3.27. The number of nitrogens with one attached hydrogen (secondary N) is 1. The Morgan fingerprint density at radius 1 is 1.22 bits per heavy atom. The lowest BCUT2D eigenvalue weighted by Crippen LogP contribution is -2.24. The van der Waals surface area contributed by atoms with Gasteiger partial charge in [0.05, 0.1) is 15.6 Å². The van der Waals surface area contributed by atoms with E-state index in [4.69, 9.17) is 4.74 Å². The van der Waals surface area contributed by atoms with Crippen LogP contribution in [0, 0.1) is 20.8 Å². The van der Waals surface area contributed by atoms with Gasteiger partial charge < -0.3 is 10.1 Å². The molecule has 0 aliphatic heterocycles. The molecule has 1 aromatic heterocycles. The molecule has 1 heterocycles. The monoisotopic (exact) mass is 411 g/mol. The van der Waals surface area contributed by atoms with Gasteiger partial charge in [0.2, 0.25) is 10.0 Å². The van der Waals surface area contributed by atoms with Crippen LogP contribution in [-0.4, -0.2) is 50.3 Å². The average molecular weight is 412 g/mol. The van der Waals surface area contributed by atoms with Crippen LogP contribution in [0.1, 0.15) is 25.9 Å². The summed E-state index contributed by atoms with van der Waals surface area (Å²) in [4.78, 5) is 28.7. The van der Waals surface area contributed by atoms with Crippen molar-refractivity contribution in [3.63, 3.8) is 0 Å². The number of benzene rings is 1. The second kappa shape index (κ2) is 8.15. The molecule has 146 valence electrons. The highest BCUT2D eigenvalue weighted by atomic mass is 32.2. The minimum atomic E-state index is -3.64. The molecule has 0 aliphatic rings. The minimum Gasteiger partial charge on any atom is -0.451 e. The van der Waals surface area contributed by atoms with Crippen LogP contribution in [0.4, 0.5) is 5.69 Å². The summed E-state index contributed by atoms with van der Waals surface area (Å²) in [6, 6.07) is 4.56. The molecule has 0 fully saturated rings. The molecule has 0 aliphatic carbocycles. The maximum atomic E-state index is 12.3. The molecular weight excluding hydrogens is 390 g/mol. The largest absolute Gasteiger partial charge is 0.451 e. The van der Waals surface area contributed by atoms with Crippen molar-refractivity contribution in [3.05, 3.63) is 39.3 Å². The molecule has 1 amide bonds.